The molecular weight excluding hydrogens is 308 g/mol. The Bertz CT molecular complexity index is 642. The molecule has 7 heteroatoms. The first-order chi connectivity index (χ1) is 9.88. The van der Waals surface area contributed by atoms with Gasteiger partial charge >= 0.3 is 35.7 Å². The number of hydrogen-bond donors (Lipinski definition) is 0. The van der Waals surface area contributed by atoms with Crippen LogP contribution in [0.25, 0.3) is 0 Å². The second-order valence-electron chi connectivity index (χ2n) is 4.27. The van der Waals surface area contributed by atoms with E-state index in [2.05, 4.69) is 0 Å². The van der Waals surface area contributed by atoms with Crippen molar-refractivity contribution in [3.8, 4) is 5.75 Å². The summed E-state index contributed by atoms with van der Waals surface area (Å²) in [4.78, 5) is 11.0. The number of rotatable bonds is 4. The van der Waals surface area contributed by atoms with Gasteiger partial charge in [-0.3, -0.25) is 0 Å². The topological polar surface area (TPSA) is 49.4 Å². The van der Waals surface area contributed by atoms with E-state index < -0.39 is 23.3 Å². The molecule has 2 rings (SSSR count). The second kappa shape index (κ2) is 7.67. The van der Waals surface area contributed by atoms with Crippen LogP contribution < -0.4 is 39.4 Å². The van der Waals surface area contributed by atoms with Crippen molar-refractivity contribution in [3.05, 3.63) is 65.2 Å². The number of carbonyl (C=O) groups excluding carboxylic acids is 1. The minimum atomic E-state index is -4.62. The van der Waals surface area contributed by atoms with Crippen molar-refractivity contribution < 1.29 is 57.4 Å². The van der Waals surface area contributed by atoms with Gasteiger partial charge in [-0.2, -0.15) is 13.2 Å². The van der Waals surface area contributed by atoms with Gasteiger partial charge in [0.1, 0.15) is 12.4 Å². The number of hydrogen-bond acceptors (Lipinski definition) is 3. The summed E-state index contributed by atoms with van der Waals surface area (Å²) < 4.78 is 42.9. The average molecular weight is 318 g/mol. The Balaban J connectivity index is 0.00000242. The summed E-state index contributed by atoms with van der Waals surface area (Å²) in [5, 5.41) is 11.0. The Labute approximate surface area is 147 Å². The van der Waals surface area contributed by atoms with Crippen LogP contribution in [0.3, 0.4) is 0 Å². The molecule has 0 aromatic heterocycles. The summed E-state index contributed by atoms with van der Waals surface area (Å²) in [6.07, 6.45) is -4.62. The first-order valence-electron chi connectivity index (χ1n) is 5.97. The molecule has 0 aliphatic carbocycles. The molecule has 0 aliphatic rings. The number of carboxylic acid groups (broad SMARTS) is 1. The van der Waals surface area contributed by atoms with Crippen LogP contribution in [-0.4, -0.2) is 5.97 Å². The molecule has 0 N–H and O–H groups in total. The molecule has 2 aromatic carbocycles. The Morgan fingerprint density at radius 1 is 1.09 bits per heavy atom. The predicted molar refractivity (Wildman–Crippen MR) is 66.5 cm³/mol. The second-order valence-corrected chi connectivity index (χ2v) is 4.27. The molecule has 0 fully saturated rings. The maximum Gasteiger partial charge on any atom is 1.00 e. The fourth-order valence-corrected chi connectivity index (χ4v) is 1.73. The zero-order valence-corrected chi connectivity index (χ0v) is 13.7. The van der Waals surface area contributed by atoms with E-state index in [0.717, 1.165) is 17.7 Å². The molecule has 0 amide bonds. The zero-order chi connectivity index (χ0) is 15.5. The minimum absolute atomic E-state index is 0. The van der Waals surface area contributed by atoms with Gasteiger partial charge in [-0.25, -0.2) is 0 Å². The van der Waals surface area contributed by atoms with Gasteiger partial charge in [0.2, 0.25) is 0 Å². The number of ether oxygens (including phenoxy) is 1. The first kappa shape index (κ1) is 18.5. The molecule has 0 bridgehead atoms. The molecule has 0 spiro atoms. The normalized spacial score (nSPS) is 10.7. The molecular formula is C15H10F3NaO3. The first-order valence-corrected chi connectivity index (χ1v) is 5.97. The standard InChI is InChI=1S/C15H11F3O3.Na/c16-15(17,18)11-6-7-13(12(8-11)14(19)20)21-9-10-4-2-1-3-5-10;/h1-8H,9H2,(H,19,20);/q;+1/p-1. The average Bonchev–Trinajstić information content (AvgIpc) is 2.45. The Morgan fingerprint density at radius 2 is 1.73 bits per heavy atom. The molecule has 0 aliphatic heterocycles. The summed E-state index contributed by atoms with van der Waals surface area (Å²) in [6.45, 7) is 0.0481. The van der Waals surface area contributed by atoms with Crippen molar-refractivity contribution >= 4 is 5.97 Å². The largest absolute Gasteiger partial charge is 1.00 e. The van der Waals surface area contributed by atoms with E-state index in [1.54, 1.807) is 30.3 Å². The van der Waals surface area contributed by atoms with E-state index in [9.17, 15) is 23.1 Å². The van der Waals surface area contributed by atoms with Gasteiger partial charge in [0.25, 0.3) is 0 Å². The van der Waals surface area contributed by atoms with Gasteiger partial charge in [0.15, 0.2) is 0 Å². The fourth-order valence-electron chi connectivity index (χ4n) is 1.73. The molecule has 22 heavy (non-hydrogen) atoms. The maximum absolute atomic E-state index is 12.6. The zero-order valence-electron chi connectivity index (χ0n) is 11.7. The van der Waals surface area contributed by atoms with Gasteiger partial charge < -0.3 is 14.6 Å². The van der Waals surface area contributed by atoms with E-state index in [0.29, 0.717) is 6.07 Å². The molecule has 2 aromatic rings. The third-order valence-electron chi connectivity index (χ3n) is 2.76. The van der Waals surface area contributed by atoms with Gasteiger partial charge in [0.05, 0.1) is 11.5 Å². The van der Waals surface area contributed by atoms with Crippen molar-refractivity contribution in [2.45, 2.75) is 12.8 Å². The predicted octanol–water partition coefficient (Wildman–Crippen LogP) is -0.348. The number of halogens is 3. The van der Waals surface area contributed by atoms with Crippen LogP contribution in [0.1, 0.15) is 21.5 Å². The van der Waals surface area contributed by atoms with Crippen LogP contribution >= 0.6 is 0 Å². The van der Waals surface area contributed by atoms with Crippen molar-refractivity contribution in [2.24, 2.45) is 0 Å². The van der Waals surface area contributed by atoms with Crippen molar-refractivity contribution in [2.75, 3.05) is 0 Å². The Hall–Kier alpha value is -1.50. The summed E-state index contributed by atoms with van der Waals surface area (Å²) in [5.74, 6) is -1.88. The number of carbonyl (C=O) groups is 1. The van der Waals surface area contributed by atoms with Crippen molar-refractivity contribution in [1.82, 2.24) is 0 Å². The summed E-state index contributed by atoms with van der Waals surface area (Å²) >= 11 is 0. The van der Waals surface area contributed by atoms with E-state index in [1.807, 2.05) is 0 Å². The monoisotopic (exact) mass is 318 g/mol. The maximum atomic E-state index is 12.6. The third-order valence-corrected chi connectivity index (χ3v) is 2.76. The molecule has 3 nitrogen and oxygen atoms in total. The van der Waals surface area contributed by atoms with Crippen LogP contribution in [0, 0.1) is 0 Å². The molecule has 110 valence electrons. The van der Waals surface area contributed by atoms with Gasteiger partial charge in [-0.15, -0.1) is 0 Å². The summed E-state index contributed by atoms with van der Waals surface area (Å²) in [7, 11) is 0. The smallest absolute Gasteiger partial charge is 0.545 e. The van der Waals surface area contributed by atoms with Gasteiger partial charge in [-0.1, -0.05) is 30.3 Å². The number of carboxylic acids is 1. The number of aromatic carboxylic acids is 1. The van der Waals surface area contributed by atoms with Crippen LogP contribution in [-0.2, 0) is 12.8 Å². The molecule has 0 saturated carbocycles. The summed E-state index contributed by atoms with van der Waals surface area (Å²) in [6, 6.07) is 11.1. The summed E-state index contributed by atoms with van der Waals surface area (Å²) in [5.41, 5.74) is -0.920. The molecule has 0 radical (unpaired) electrons. The fraction of sp³-hybridized carbons (Fsp3) is 0.133. The van der Waals surface area contributed by atoms with E-state index in [-0.39, 0.29) is 41.9 Å². The van der Waals surface area contributed by atoms with Gasteiger partial charge in [0, 0.05) is 5.56 Å². The third kappa shape index (κ3) is 4.76. The van der Waals surface area contributed by atoms with Crippen molar-refractivity contribution in [3.63, 3.8) is 0 Å². The Kier molecular flexibility index (Phi) is 6.47. The Morgan fingerprint density at radius 3 is 2.27 bits per heavy atom. The van der Waals surface area contributed by atoms with Crippen LogP contribution in [0.4, 0.5) is 13.2 Å². The quantitative estimate of drug-likeness (QED) is 0.724. The molecule has 0 atom stereocenters. The van der Waals surface area contributed by atoms with E-state index in [1.165, 1.54) is 0 Å². The minimum Gasteiger partial charge on any atom is -0.545 e. The molecule has 0 heterocycles. The SMILES string of the molecule is O=C([O-])c1cc(C(F)(F)F)ccc1OCc1ccccc1.[Na+]. The van der Waals surface area contributed by atoms with Crippen LogP contribution in [0.15, 0.2) is 48.5 Å². The van der Waals surface area contributed by atoms with E-state index in [4.69, 9.17) is 4.74 Å². The number of alkyl halides is 3. The number of benzene rings is 2. The van der Waals surface area contributed by atoms with Crippen LogP contribution in [0.2, 0.25) is 0 Å². The van der Waals surface area contributed by atoms with E-state index >= 15 is 0 Å². The van der Waals surface area contributed by atoms with Crippen molar-refractivity contribution in [1.29, 1.82) is 0 Å². The van der Waals surface area contributed by atoms with Crippen LogP contribution in [0.5, 0.6) is 5.75 Å². The molecule has 0 unspecified atom stereocenters. The molecule has 0 saturated heterocycles. The van der Waals surface area contributed by atoms with Gasteiger partial charge in [-0.05, 0) is 23.8 Å².